The number of carbonyl (C=O) groups excluding carboxylic acids is 1. The Labute approximate surface area is 126 Å². The van der Waals surface area contributed by atoms with Crippen LogP contribution in [0.3, 0.4) is 0 Å². The molecule has 0 aromatic carbocycles. The fourth-order valence-electron chi connectivity index (χ4n) is 2.47. The first-order valence-corrected chi connectivity index (χ1v) is 7.10. The predicted molar refractivity (Wildman–Crippen MR) is 76.0 cm³/mol. The van der Waals surface area contributed by atoms with Gasteiger partial charge in [-0.1, -0.05) is 5.10 Å². The highest BCUT2D eigenvalue weighted by Crippen LogP contribution is 2.40. The van der Waals surface area contributed by atoms with Gasteiger partial charge in [-0.15, -0.1) is 0 Å². The van der Waals surface area contributed by atoms with Crippen LogP contribution < -0.4 is 10.2 Å². The summed E-state index contributed by atoms with van der Waals surface area (Å²) in [4.78, 5) is 18.4. The van der Waals surface area contributed by atoms with Crippen molar-refractivity contribution < 1.29 is 9.21 Å². The topological polar surface area (TPSA) is 102 Å². The number of fused-ring (bicyclic) bond motifs is 1. The van der Waals surface area contributed by atoms with Gasteiger partial charge < -0.3 is 9.32 Å². The first kappa shape index (κ1) is 13.0. The van der Waals surface area contributed by atoms with E-state index in [0.29, 0.717) is 24.0 Å². The van der Waals surface area contributed by atoms with E-state index in [4.69, 9.17) is 4.42 Å². The lowest BCUT2D eigenvalue weighted by Gasteiger charge is -2.26. The number of tetrazole rings is 1. The molecule has 1 saturated carbocycles. The highest BCUT2D eigenvalue weighted by atomic mass is 16.4. The van der Waals surface area contributed by atoms with Crippen LogP contribution in [0.5, 0.6) is 0 Å². The number of anilines is 2. The summed E-state index contributed by atoms with van der Waals surface area (Å²) in [5.74, 6) is 1.66. The van der Waals surface area contributed by atoms with E-state index in [-0.39, 0.29) is 11.9 Å². The van der Waals surface area contributed by atoms with Crippen LogP contribution in [0.4, 0.5) is 12.0 Å². The van der Waals surface area contributed by atoms with Crippen molar-refractivity contribution in [3.63, 3.8) is 0 Å². The molecular formula is C13H15N7O2. The molecule has 1 N–H and O–H groups in total. The molecule has 0 unspecified atom stereocenters. The van der Waals surface area contributed by atoms with Gasteiger partial charge in [0.2, 0.25) is 5.95 Å². The molecule has 1 amide bonds. The minimum absolute atomic E-state index is 0.234. The smallest absolute Gasteiger partial charge is 0.301 e. The molecule has 0 atom stereocenters. The third-order valence-corrected chi connectivity index (χ3v) is 4.06. The van der Waals surface area contributed by atoms with Crippen LogP contribution in [0, 0.1) is 0 Å². The zero-order valence-corrected chi connectivity index (χ0v) is 12.3. The van der Waals surface area contributed by atoms with Crippen LogP contribution in [0.15, 0.2) is 21.9 Å². The number of nitrogens with one attached hydrogen (secondary N) is 1. The fraction of sp³-hybridized carbons (Fsp3) is 0.462. The second-order valence-corrected chi connectivity index (χ2v) is 5.56. The summed E-state index contributed by atoms with van der Waals surface area (Å²) in [6, 6.07) is 0.234. The van der Waals surface area contributed by atoms with Gasteiger partial charge in [0.15, 0.2) is 0 Å². The van der Waals surface area contributed by atoms with Crippen LogP contribution in [0.2, 0.25) is 0 Å². The zero-order chi connectivity index (χ0) is 15.3. The van der Waals surface area contributed by atoms with Crippen molar-refractivity contribution in [2.45, 2.75) is 32.2 Å². The average Bonchev–Trinajstić information content (AvgIpc) is 3.06. The SMILES string of the molecule is CC1=C(C(=O)Nc2ncc(C3CC3)o2)Cn2nnnc2N1C. The molecular weight excluding hydrogens is 286 g/mol. The normalized spacial score (nSPS) is 17.6. The van der Waals surface area contributed by atoms with Gasteiger partial charge in [-0.25, -0.2) is 9.67 Å². The molecule has 0 bridgehead atoms. The number of oxazole rings is 1. The summed E-state index contributed by atoms with van der Waals surface area (Å²) < 4.78 is 7.14. The number of hydrogen-bond acceptors (Lipinski definition) is 7. The van der Waals surface area contributed by atoms with E-state index in [1.54, 1.807) is 15.8 Å². The van der Waals surface area contributed by atoms with Crippen LogP contribution in [0.1, 0.15) is 31.4 Å². The lowest BCUT2D eigenvalue weighted by molar-refractivity contribution is -0.113. The standard InChI is InChI=1S/C13H15N7O2/c1-7-9(6-20-13(19(7)2)16-17-18-20)11(21)15-12-14-5-10(22-12)8-3-4-8/h5,8H,3-4,6H2,1-2H3,(H,14,15,21). The maximum atomic E-state index is 12.5. The Morgan fingerprint density at radius 2 is 2.27 bits per heavy atom. The molecule has 1 aliphatic heterocycles. The first-order chi connectivity index (χ1) is 10.6. The van der Waals surface area contributed by atoms with Gasteiger partial charge in [0.25, 0.3) is 5.91 Å². The van der Waals surface area contributed by atoms with Gasteiger partial charge in [-0.3, -0.25) is 10.1 Å². The van der Waals surface area contributed by atoms with Crippen molar-refractivity contribution in [1.29, 1.82) is 0 Å². The van der Waals surface area contributed by atoms with E-state index in [1.807, 2.05) is 14.0 Å². The van der Waals surface area contributed by atoms with Crippen molar-refractivity contribution in [2.24, 2.45) is 0 Å². The molecule has 0 radical (unpaired) electrons. The van der Waals surface area contributed by atoms with Gasteiger partial charge in [0.05, 0.1) is 18.3 Å². The number of allylic oxidation sites excluding steroid dienone is 1. The lowest BCUT2D eigenvalue weighted by Crippen LogP contribution is -2.32. The van der Waals surface area contributed by atoms with Gasteiger partial charge in [0.1, 0.15) is 5.76 Å². The number of aromatic nitrogens is 5. The maximum absolute atomic E-state index is 12.5. The summed E-state index contributed by atoms with van der Waals surface area (Å²) in [6.45, 7) is 2.18. The lowest BCUT2D eigenvalue weighted by atomic mass is 10.1. The van der Waals surface area contributed by atoms with Crippen molar-refractivity contribution in [1.82, 2.24) is 25.2 Å². The Bertz CT molecular complexity index is 771. The van der Waals surface area contributed by atoms with Crippen molar-refractivity contribution >= 4 is 17.9 Å². The summed E-state index contributed by atoms with van der Waals surface area (Å²) in [5.41, 5.74) is 1.38. The first-order valence-electron chi connectivity index (χ1n) is 7.10. The Morgan fingerprint density at radius 1 is 1.45 bits per heavy atom. The minimum atomic E-state index is -0.255. The molecule has 2 aliphatic rings. The molecule has 2 aromatic heterocycles. The minimum Gasteiger partial charge on any atom is -0.428 e. The predicted octanol–water partition coefficient (Wildman–Crippen LogP) is 0.901. The van der Waals surface area contributed by atoms with Crippen LogP contribution in [-0.2, 0) is 11.3 Å². The molecule has 3 heterocycles. The molecule has 9 heteroatoms. The van der Waals surface area contributed by atoms with Gasteiger partial charge >= 0.3 is 6.01 Å². The van der Waals surface area contributed by atoms with Gasteiger partial charge in [-0.2, -0.15) is 0 Å². The van der Waals surface area contributed by atoms with Gasteiger partial charge in [0, 0.05) is 18.7 Å². The van der Waals surface area contributed by atoms with E-state index >= 15 is 0 Å². The maximum Gasteiger partial charge on any atom is 0.301 e. The van der Waals surface area contributed by atoms with E-state index in [2.05, 4.69) is 25.8 Å². The molecule has 0 spiro atoms. The second-order valence-electron chi connectivity index (χ2n) is 5.56. The monoisotopic (exact) mass is 301 g/mol. The molecule has 9 nitrogen and oxygen atoms in total. The second kappa shape index (κ2) is 4.65. The average molecular weight is 301 g/mol. The largest absolute Gasteiger partial charge is 0.428 e. The van der Waals surface area contributed by atoms with E-state index in [0.717, 1.165) is 24.3 Å². The number of rotatable bonds is 3. The fourth-order valence-corrected chi connectivity index (χ4v) is 2.47. The van der Waals surface area contributed by atoms with Gasteiger partial charge in [-0.05, 0) is 30.2 Å². The van der Waals surface area contributed by atoms with Crippen LogP contribution in [-0.4, -0.2) is 38.1 Å². The Hall–Kier alpha value is -2.71. The Kier molecular flexibility index (Phi) is 2.75. The molecule has 2 aromatic rings. The number of nitrogens with zero attached hydrogens (tertiary/aromatic N) is 6. The molecule has 0 saturated heterocycles. The number of hydrogen-bond donors (Lipinski definition) is 1. The third-order valence-electron chi connectivity index (χ3n) is 4.06. The van der Waals surface area contributed by atoms with E-state index in [1.165, 1.54) is 0 Å². The highest BCUT2D eigenvalue weighted by molar-refractivity contribution is 6.03. The quantitative estimate of drug-likeness (QED) is 0.898. The summed E-state index contributed by atoms with van der Waals surface area (Å²) in [7, 11) is 1.82. The van der Waals surface area contributed by atoms with Crippen molar-refractivity contribution in [3.8, 4) is 0 Å². The Balaban J connectivity index is 1.55. The third kappa shape index (κ3) is 2.05. The number of carbonyl (C=O) groups is 1. The Morgan fingerprint density at radius 3 is 3.05 bits per heavy atom. The molecule has 114 valence electrons. The van der Waals surface area contributed by atoms with Crippen LogP contribution >= 0.6 is 0 Å². The zero-order valence-electron chi connectivity index (χ0n) is 12.3. The highest BCUT2D eigenvalue weighted by Gasteiger charge is 2.29. The van der Waals surface area contributed by atoms with Crippen LogP contribution in [0.25, 0.3) is 0 Å². The van der Waals surface area contributed by atoms with Crippen molar-refractivity contribution in [2.75, 3.05) is 17.3 Å². The molecule has 1 aliphatic carbocycles. The molecule has 1 fully saturated rings. The molecule has 4 rings (SSSR count). The summed E-state index contributed by atoms with van der Waals surface area (Å²) >= 11 is 0. The number of amides is 1. The molecule has 22 heavy (non-hydrogen) atoms. The summed E-state index contributed by atoms with van der Waals surface area (Å²) in [5, 5.41) is 14.1. The van der Waals surface area contributed by atoms with Crippen molar-refractivity contribution in [3.05, 3.63) is 23.2 Å². The summed E-state index contributed by atoms with van der Waals surface area (Å²) in [6.07, 6.45) is 3.93. The van der Waals surface area contributed by atoms with E-state index in [9.17, 15) is 4.79 Å². The van der Waals surface area contributed by atoms with E-state index < -0.39 is 0 Å².